The lowest BCUT2D eigenvalue weighted by Gasteiger charge is -2.35. The maximum Gasteiger partial charge on any atom is 0.274 e. The van der Waals surface area contributed by atoms with E-state index in [1.54, 1.807) is 23.6 Å². The summed E-state index contributed by atoms with van der Waals surface area (Å²) in [5.41, 5.74) is 3.97. The summed E-state index contributed by atoms with van der Waals surface area (Å²) in [6.07, 6.45) is 4.80. The van der Waals surface area contributed by atoms with E-state index in [-0.39, 0.29) is 23.9 Å². The molecule has 6 rings (SSSR count). The summed E-state index contributed by atoms with van der Waals surface area (Å²) in [6.45, 7) is 4.44. The Morgan fingerprint density at radius 1 is 1.08 bits per heavy atom. The average Bonchev–Trinajstić information content (AvgIpc) is 3.61. The summed E-state index contributed by atoms with van der Waals surface area (Å²) < 4.78 is 0. The smallest absolute Gasteiger partial charge is 0.274 e. The number of hydrogen-bond donors (Lipinski definition) is 1. The number of para-hydroxylation sites is 1. The van der Waals surface area contributed by atoms with Gasteiger partial charge in [-0.05, 0) is 56.7 Å². The Bertz CT molecular complexity index is 1470. The van der Waals surface area contributed by atoms with Crippen molar-refractivity contribution >= 4 is 34.1 Å². The summed E-state index contributed by atoms with van der Waals surface area (Å²) in [6, 6.07) is 17.9. The minimum absolute atomic E-state index is 0.0193. The Kier molecular flexibility index (Phi) is 5.80. The highest BCUT2D eigenvalue weighted by atomic mass is 32.1. The highest BCUT2D eigenvalue weighted by molar-refractivity contribution is 7.15. The second-order valence-corrected chi connectivity index (χ2v) is 11.1. The summed E-state index contributed by atoms with van der Waals surface area (Å²) in [5.74, 6) is 0.223. The first-order chi connectivity index (χ1) is 17.5. The number of nitrogens with zero attached hydrogens (tertiary/aromatic N) is 3. The zero-order chi connectivity index (χ0) is 24.8. The number of aromatic nitrogens is 2. The van der Waals surface area contributed by atoms with Crippen LogP contribution in [0.2, 0.25) is 0 Å². The van der Waals surface area contributed by atoms with E-state index in [0.717, 1.165) is 45.7 Å². The van der Waals surface area contributed by atoms with Gasteiger partial charge in [0.2, 0.25) is 0 Å². The number of likely N-dealkylation sites (tertiary alicyclic amines) is 1. The number of hydrogen-bond acceptors (Lipinski definition) is 5. The molecular weight excluding hydrogens is 468 g/mol. The Hall–Kier alpha value is -3.58. The first-order valence-electron chi connectivity index (χ1n) is 12.5. The molecule has 1 saturated heterocycles. The van der Waals surface area contributed by atoms with Crippen LogP contribution in [0, 0.1) is 19.8 Å². The Labute approximate surface area is 214 Å². The van der Waals surface area contributed by atoms with Crippen molar-refractivity contribution in [3.63, 3.8) is 0 Å². The van der Waals surface area contributed by atoms with Gasteiger partial charge in [0.15, 0.2) is 0 Å². The standard InChI is InChI=1S/C29H28N4O2S/c1-17-6-3-8-21(14-17)27-26(32-18(2)36-27)29(35)33-22-12-11-20(15-22)24(33)16-31-28(34)23-10-4-7-19-9-5-13-30-25(19)23/h3-10,13-14,20,22,24H,11-12,15-16H2,1-2H3,(H,31,34)/t20-,22+,24+/m0/s1. The van der Waals surface area contributed by atoms with Crippen LogP contribution in [0.5, 0.6) is 0 Å². The third-order valence-electron chi connectivity index (χ3n) is 7.54. The summed E-state index contributed by atoms with van der Waals surface area (Å²) in [7, 11) is 0. The van der Waals surface area contributed by atoms with Crippen molar-refractivity contribution in [2.24, 2.45) is 5.92 Å². The third-order valence-corrected chi connectivity index (χ3v) is 8.56. The largest absolute Gasteiger partial charge is 0.350 e. The molecule has 2 fully saturated rings. The van der Waals surface area contributed by atoms with Crippen LogP contribution >= 0.6 is 11.3 Å². The fourth-order valence-corrected chi connectivity index (χ4v) is 6.84. The predicted molar refractivity (Wildman–Crippen MR) is 142 cm³/mol. The Balaban J connectivity index is 1.26. The number of amides is 2. The van der Waals surface area contributed by atoms with Crippen molar-refractivity contribution < 1.29 is 9.59 Å². The van der Waals surface area contributed by atoms with Gasteiger partial charge in [-0.15, -0.1) is 11.3 Å². The van der Waals surface area contributed by atoms with Gasteiger partial charge < -0.3 is 10.2 Å². The van der Waals surface area contributed by atoms with Gasteiger partial charge in [0.25, 0.3) is 11.8 Å². The van der Waals surface area contributed by atoms with E-state index in [2.05, 4.69) is 34.3 Å². The summed E-state index contributed by atoms with van der Waals surface area (Å²) >= 11 is 1.57. The highest BCUT2D eigenvalue weighted by Gasteiger charge is 2.49. The summed E-state index contributed by atoms with van der Waals surface area (Å²) in [4.78, 5) is 39.2. The molecule has 36 heavy (non-hydrogen) atoms. The number of benzene rings is 2. The van der Waals surface area contributed by atoms with E-state index >= 15 is 0 Å². The molecule has 7 heteroatoms. The number of carbonyl (C=O) groups excluding carboxylic acids is 2. The molecule has 3 heterocycles. The molecule has 0 unspecified atom stereocenters. The van der Waals surface area contributed by atoms with E-state index in [1.165, 1.54) is 0 Å². The third kappa shape index (κ3) is 3.97. The van der Waals surface area contributed by atoms with E-state index in [4.69, 9.17) is 0 Å². The lowest BCUT2D eigenvalue weighted by molar-refractivity contribution is 0.0577. The molecule has 2 aromatic carbocycles. The number of rotatable bonds is 5. The number of thiazole rings is 1. The normalized spacial score (nSPS) is 20.7. The minimum atomic E-state index is -0.153. The van der Waals surface area contributed by atoms with Gasteiger partial charge in [-0.1, -0.05) is 48.0 Å². The van der Waals surface area contributed by atoms with Crippen LogP contribution in [0.3, 0.4) is 0 Å². The molecular formula is C29H28N4O2S. The van der Waals surface area contributed by atoms with E-state index < -0.39 is 0 Å². The Morgan fingerprint density at radius 3 is 2.78 bits per heavy atom. The predicted octanol–water partition coefficient (Wildman–Crippen LogP) is 5.40. The fraction of sp³-hybridized carbons (Fsp3) is 0.310. The minimum Gasteiger partial charge on any atom is -0.350 e. The van der Waals surface area contributed by atoms with Gasteiger partial charge in [0.1, 0.15) is 5.69 Å². The van der Waals surface area contributed by atoms with Crippen molar-refractivity contribution in [2.45, 2.75) is 45.2 Å². The fourth-order valence-electron chi connectivity index (χ4n) is 5.93. The second-order valence-electron chi connectivity index (χ2n) is 9.88. The van der Waals surface area contributed by atoms with Gasteiger partial charge in [0, 0.05) is 24.2 Å². The zero-order valence-corrected chi connectivity index (χ0v) is 21.2. The number of aryl methyl sites for hydroxylation is 2. The van der Waals surface area contributed by atoms with Crippen LogP contribution in [-0.2, 0) is 0 Å². The van der Waals surface area contributed by atoms with Gasteiger partial charge in [-0.25, -0.2) is 4.98 Å². The van der Waals surface area contributed by atoms with Crippen LogP contribution in [0.25, 0.3) is 21.3 Å². The molecule has 0 spiro atoms. The molecule has 1 N–H and O–H groups in total. The van der Waals surface area contributed by atoms with Gasteiger partial charge in [-0.2, -0.15) is 0 Å². The van der Waals surface area contributed by atoms with Gasteiger partial charge >= 0.3 is 0 Å². The van der Waals surface area contributed by atoms with Crippen LogP contribution in [0.1, 0.15) is 50.7 Å². The number of carbonyl (C=O) groups is 2. The molecule has 4 aromatic rings. The molecule has 1 saturated carbocycles. The van der Waals surface area contributed by atoms with Crippen LogP contribution in [0.15, 0.2) is 60.8 Å². The van der Waals surface area contributed by atoms with Crippen LogP contribution < -0.4 is 5.32 Å². The van der Waals surface area contributed by atoms with Crippen molar-refractivity contribution in [1.29, 1.82) is 0 Å². The topological polar surface area (TPSA) is 75.2 Å². The number of piperidine rings is 1. The van der Waals surface area contributed by atoms with Crippen molar-refractivity contribution in [3.8, 4) is 10.4 Å². The number of nitrogens with one attached hydrogen (secondary N) is 1. The summed E-state index contributed by atoms with van der Waals surface area (Å²) in [5, 5.41) is 4.94. The average molecular weight is 497 g/mol. The first kappa shape index (κ1) is 22.9. The van der Waals surface area contributed by atoms with E-state index in [1.807, 2.05) is 48.2 Å². The molecule has 2 aromatic heterocycles. The first-order valence-corrected chi connectivity index (χ1v) is 13.3. The molecule has 1 aliphatic carbocycles. The van der Waals surface area contributed by atoms with Crippen molar-refractivity contribution in [2.75, 3.05) is 6.54 Å². The molecule has 6 nitrogen and oxygen atoms in total. The number of fused-ring (bicyclic) bond motifs is 3. The van der Waals surface area contributed by atoms with E-state index in [0.29, 0.717) is 29.2 Å². The monoisotopic (exact) mass is 496 g/mol. The molecule has 182 valence electrons. The van der Waals surface area contributed by atoms with Crippen LogP contribution in [0.4, 0.5) is 0 Å². The van der Waals surface area contributed by atoms with E-state index in [9.17, 15) is 9.59 Å². The quantitative estimate of drug-likeness (QED) is 0.402. The molecule has 2 aliphatic rings. The zero-order valence-electron chi connectivity index (χ0n) is 20.4. The molecule has 2 amide bonds. The maximum absolute atomic E-state index is 14.0. The SMILES string of the molecule is Cc1cccc(-c2sc(C)nc2C(=O)N2[C@@H]3CC[C@@H](C3)[C@H]2CNC(=O)c2cccc3cccnc23)c1. The number of pyridine rings is 1. The molecule has 0 radical (unpaired) electrons. The molecule has 3 atom stereocenters. The maximum atomic E-state index is 14.0. The highest BCUT2D eigenvalue weighted by Crippen LogP contribution is 2.44. The van der Waals surface area contributed by atoms with Gasteiger partial charge in [0.05, 0.1) is 27.0 Å². The second kappa shape index (κ2) is 9.13. The van der Waals surface area contributed by atoms with Gasteiger partial charge in [-0.3, -0.25) is 14.6 Å². The lowest BCUT2D eigenvalue weighted by atomic mass is 9.97. The molecule has 2 bridgehead atoms. The Morgan fingerprint density at radius 2 is 1.92 bits per heavy atom. The van der Waals surface area contributed by atoms with Crippen LogP contribution in [-0.4, -0.2) is 45.3 Å². The van der Waals surface area contributed by atoms with Crippen molar-refractivity contribution in [3.05, 3.63) is 82.6 Å². The van der Waals surface area contributed by atoms with Crippen molar-refractivity contribution in [1.82, 2.24) is 20.2 Å². The molecule has 1 aliphatic heterocycles. The lowest BCUT2D eigenvalue weighted by Crippen LogP contribution is -2.50.